The van der Waals surface area contributed by atoms with Gasteiger partial charge in [0.1, 0.15) is 5.25 Å². The summed E-state index contributed by atoms with van der Waals surface area (Å²) in [5.41, 5.74) is -0.121. The predicted molar refractivity (Wildman–Crippen MR) is 67.2 cm³/mol. The smallest absolute Gasteiger partial charge is 0.316 e. The number of nitro benzene ring substituents is 1. The highest BCUT2D eigenvalue weighted by Gasteiger charge is 2.18. The van der Waals surface area contributed by atoms with Crippen LogP contribution in [0.5, 0.6) is 5.75 Å². The summed E-state index contributed by atoms with van der Waals surface area (Å²) >= 11 is 1.11. The highest BCUT2D eigenvalue weighted by Crippen LogP contribution is 2.33. The molecule has 0 aliphatic heterocycles. The third kappa shape index (κ3) is 3.63. The number of carboxylic acid groups (broad SMARTS) is 1. The Kier molecular flexibility index (Phi) is 4.96. The van der Waals surface area contributed by atoms with Crippen LogP contribution >= 0.6 is 11.8 Å². The summed E-state index contributed by atoms with van der Waals surface area (Å²) in [6.45, 7) is 3.58. The first kappa shape index (κ1) is 14.3. The van der Waals surface area contributed by atoms with Crippen molar-refractivity contribution in [2.45, 2.75) is 24.0 Å². The van der Waals surface area contributed by atoms with E-state index in [1.807, 2.05) is 0 Å². The van der Waals surface area contributed by atoms with Crippen molar-refractivity contribution in [1.29, 1.82) is 0 Å². The molecule has 0 radical (unpaired) electrons. The molecule has 1 aromatic rings. The lowest BCUT2D eigenvalue weighted by Gasteiger charge is -2.08. The zero-order valence-electron chi connectivity index (χ0n) is 9.95. The lowest BCUT2D eigenvalue weighted by Crippen LogP contribution is -2.11. The number of thioether (sulfide) groups is 1. The molecule has 1 unspecified atom stereocenters. The molecule has 1 aromatic carbocycles. The van der Waals surface area contributed by atoms with Gasteiger partial charge in [0, 0.05) is 17.0 Å². The molecule has 1 rings (SSSR count). The summed E-state index contributed by atoms with van der Waals surface area (Å²) in [4.78, 5) is 21.6. The van der Waals surface area contributed by atoms with E-state index in [2.05, 4.69) is 0 Å². The average molecular weight is 271 g/mol. The molecule has 0 aliphatic carbocycles. The quantitative estimate of drug-likeness (QED) is 0.486. The van der Waals surface area contributed by atoms with Crippen LogP contribution in [0.25, 0.3) is 0 Å². The van der Waals surface area contributed by atoms with Crippen molar-refractivity contribution in [3.63, 3.8) is 0 Å². The molecule has 6 nitrogen and oxygen atoms in total. The van der Waals surface area contributed by atoms with E-state index in [4.69, 9.17) is 9.84 Å². The van der Waals surface area contributed by atoms with Crippen molar-refractivity contribution in [1.82, 2.24) is 0 Å². The SMILES string of the molecule is CCOc1cc(SC(C)C(=O)O)ccc1[N+](=O)[O-]. The van der Waals surface area contributed by atoms with E-state index in [0.717, 1.165) is 11.8 Å². The van der Waals surface area contributed by atoms with Gasteiger partial charge in [-0.25, -0.2) is 0 Å². The van der Waals surface area contributed by atoms with Crippen molar-refractivity contribution in [3.8, 4) is 5.75 Å². The van der Waals surface area contributed by atoms with Crippen molar-refractivity contribution < 1.29 is 19.6 Å². The minimum Gasteiger partial charge on any atom is -0.487 e. The minimum absolute atomic E-state index is 0.121. The van der Waals surface area contributed by atoms with Crippen LogP contribution < -0.4 is 4.74 Å². The number of carbonyl (C=O) groups is 1. The van der Waals surface area contributed by atoms with Crippen LogP contribution in [0.15, 0.2) is 23.1 Å². The molecule has 0 heterocycles. The van der Waals surface area contributed by atoms with Crippen molar-refractivity contribution in [2.75, 3.05) is 6.61 Å². The molecular weight excluding hydrogens is 258 g/mol. The van der Waals surface area contributed by atoms with E-state index in [1.165, 1.54) is 18.2 Å². The van der Waals surface area contributed by atoms with E-state index in [0.29, 0.717) is 11.5 Å². The zero-order valence-corrected chi connectivity index (χ0v) is 10.8. The van der Waals surface area contributed by atoms with Gasteiger partial charge in [-0.1, -0.05) is 0 Å². The second-order valence-corrected chi connectivity index (χ2v) is 4.83. The highest BCUT2D eigenvalue weighted by molar-refractivity contribution is 8.00. The summed E-state index contributed by atoms with van der Waals surface area (Å²) in [5.74, 6) is -0.776. The molecule has 0 aliphatic rings. The van der Waals surface area contributed by atoms with E-state index in [9.17, 15) is 14.9 Å². The van der Waals surface area contributed by atoms with E-state index in [1.54, 1.807) is 13.8 Å². The first-order valence-corrected chi connectivity index (χ1v) is 6.14. The topological polar surface area (TPSA) is 89.7 Å². The number of benzene rings is 1. The first-order valence-electron chi connectivity index (χ1n) is 5.26. The van der Waals surface area contributed by atoms with Crippen molar-refractivity contribution >= 4 is 23.4 Å². The summed E-state index contributed by atoms with van der Waals surface area (Å²) in [7, 11) is 0. The average Bonchev–Trinajstić information content (AvgIpc) is 2.29. The molecule has 0 aromatic heterocycles. The third-order valence-corrected chi connectivity index (χ3v) is 3.17. The van der Waals surface area contributed by atoms with E-state index >= 15 is 0 Å². The van der Waals surface area contributed by atoms with Crippen LogP contribution in [0.1, 0.15) is 13.8 Å². The van der Waals surface area contributed by atoms with Gasteiger partial charge in [-0.3, -0.25) is 14.9 Å². The number of nitro groups is 1. The van der Waals surface area contributed by atoms with Gasteiger partial charge in [0.25, 0.3) is 0 Å². The second-order valence-electron chi connectivity index (χ2n) is 3.42. The Balaban J connectivity index is 2.99. The maximum atomic E-state index is 10.8. The fourth-order valence-electron chi connectivity index (χ4n) is 1.24. The Morgan fingerprint density at radius 3 is 2.78 bits per heavy atom. The van der Waals surface area contributed by atoms with Gasteiger partial charge >= 0.3 is 11.7 Å². The molecule has 7 heteroatoms. The third-order valence-electron chi connectivity index (χ3n) is 2.09. The summed E-state index contributed by atoms with van der Waals surface area (Å²) in [5, 5.41) is 18.9. The lowest BCUT2D eigenvalue weighted by atomic mass is 10.3. The molecule has 98 valence electrons. The van der Waals surface area contributed by atoms with Gasteiger partial charge < -0.3 is 9.84 Å². The molecule has 0 saturated carbocycles. The molecular formula is C11H13NO5S. The highest BCUT2D eigenvalue weighted by atomic mass is 32.2. The Bertz CT molecular complexity index is 463. The predicted octanol–water partition coefficient (Wildman–Crippen LogP) is 2.56. The van der Waals surface area contributed by atoms with Crippen molar-refractivity contribution in [3.05, 3.63) is 28.3 Å². The van der Waals surface area contributed by atoms with Gasteiger partial charge in [0.15, 0.2) is 5.75 Å². The normalized spacial score (nSPS) is 11.9. The number of hydrogen-bond acceptors (Lipinski definition) is 5. The van der Waals surface area contributed by atoms with Gasteiger partial charge in [-0.15, -0.1) is 11.8 Å². The lowest BCUT2D eigenvalue weighted by molar-refractivity contribution is -0.385. The van der Waals surface area contributed by atoms with Gasteiger partial charge in [0.05, 0.1) is 11.5 Å². The van der Waals surface area contributed by atoms with Gasteiger partial charge in [-0.2, -0.15) is 0 Å². The number of hydrogen-bond donors (Lipinski definition) is 1. The Hall–Kier alpha value is -1.76. The van der Waals surface area contributed by atoms with Crippen LogP contribution in [-0.4, -0.2) is 27.9 Å². The molecule has 0 bridgehead atoms. The fraction of sp³-hybridized carbons (Fsp3) is 0.364. The number of carboxylic acids is 1. The molecule has 18 heavy (non-hydrogen) atoms. The van der Waals surface area contributed by atoms with Gasteiger partial charge in [0.2, 0.25) is 0 Å². The maximum Gasteiger partial charge on any atom is 0.316 e. The Labute approximate surface area is 108 Å². The summed E-state index contributed by atoms with van der Waals surface area (Å²) in [6.07, 6.45) is 0. The molecule has 0 fully saturated rings. The monoisotopic (exact) mass is 271 g/mol. The van der Waals surface area contributed by atoms with E-state index < -0.39 is 16.1 Å². The summed E-state index contributed by atoms with van der Waals surface area (Å²) < 4.78 is 5.18. The largest absolute Gasteiger partial charge is 0.487 e. The molecule has 0 spiro atoms. The second kappa shape index (κ2) is 6.25. The standard InChI is InChI=1S/C11H13NO5S/c1-3-17-10-6-8(18-7(2)11(13)14)4-5-9(10)12(15)16/h4-7H,3H2,1-2H3,(H,13,14). The van der Waals surface area contributed by atoms with E-state index in [-0.39, 0.29) is 11.4 Å². The number of ether oxygens (including phenoxy) is 1. The molecule has 0 amide bonds. The van der Waals surface area contributed by atoms with Crippen LogP contribution in [0.4, 0.5) is 5.69 Å². The van der Waals surface area contributed by atoms with Crippen LogP contribution in [-0.2, 0) is 4.79 Å². The Morgan fingerprint density at radius 1 is 1.61 bits per heavy atom. The number of rotatable bonds is 6. The van der Waals surface area contributed by atoms with Crippen LogP contribution in [0.2, 0.25) is 0 Å². The first-order chi connectivity index (χ1) is 8.45. The molecule has 1 atom stereocenters. The molecule has 0 saturated heterocycles. The number of aliphatic carboxylic acids is 1. The summed E-state index contributed by atoms with van der Waals surface area (Å²) in [6, 6.07) is 4.33. The van der Waals surface area contributed by atoms with Crippen molar-refractivity contribution in [2.24, 2.45) is 0 Å². The zero-order chi connectivity index (χ0) is 13.7. The minimum atomic E-state index is -0.934. The maximum absolute atomic E-state index is 10.8. The Morgan fingerprint density at radius 2 is 2.28 bits per heavy atom. The van der Waals surface area contributed by atoms with Crippen LogP contribution in [0, 0.1) is 10.1 Å². The number of nitrogens with zero attached hydrogens (tertiary/aromatic N) is 1. The molecule has 1 N–H and O–H groups in total. The fourth-order valence-corrected chi connectivity index (χ4v) is 2.07. The van der Waals surface area contributed by atoms with Gasteiger partial charge in [-0.05, 0) is 19.9 Å². The van der Waals surface area contributed by atoms with Crippen LogP contribution in [0.3, 0.4) is 0 Å².